The Hall–Kier alpha value is -2.38. The van der Waals surface area contributed by atoms with Crippen molar-refractivity contribution < 1.29 is 0 Å². The average molecular weight is 311 g/mol. The molecule has 4 aromatic rings. The summed E-state index contributed by atoms with van der Waals surface area (Å²) < 4.78 is 3.58. The summed E-state index contributed by atoms with van der Waals surface area (Å²) in [5.74, 6) is 0.747. The molecule has 0 saturated heterocycles. The smallest absolute Gasteiger partial charge is 0.200 e. The molecule has 0 unspecified atom stereocenters. The number of aromatic nitrogens is 5. The van der Waals surface area contributed by atoms with Crippen LogP contribution in [-0.4, -0.2) is 24.7 Å². The summed E-state index contributed by atoms with van der Waals surface area (Å²) in [6.07, 6.45) is 3.51. The second kappa shape index (κ2) is 4.87. The Labute approximate surface area is 128 Å². The molecule has 3 heterocycles. The lowest BCUT2D eigenvalue weighted by molar-refractivity contribution is 1.04. The molecule has 7 heteroatoms. The molecule has 3 aromatic heterocycles. The first kappa shape index (κ1) is 12.4. The van der Waals surface area contributed by atoms with Gasteiger partial charge in [0, 0.05) is 18.0 Å². The van der Waals surface area contributed by atoms with Crippen molar-refractivity contribution in [2.45, 2.75) is 0 Å². The number of rotatable bonds is 2. The molecule has 1 N–H and O–H groups in total. The molecule has 4 rings (SSSR count). The summed E-state index contributed by atoms with van der Waals surface area (Å²) in [4.78, 5) is 8.43. The summed E-state index contributed by atoms with van der Waals surface area (Å²) in [6.45, 7) is 0. The zero-order chi connectivity index (χ0) is 14.2. The minimum atomic E-state index is 0.553. The fourth-order valence-electron chi connectivity index (χ4n) is 2.21. The summed E-state index contributed by atoms with van der Waals surface area (Å²) in [7, 11) is 0. The van der Waals surface area contributed by atoms with Gasteiger partial charge < -0.3 is 0 Å². The molecule has 0 amide bonds. The number of hydrogen-bond acceptors (Lipinski definition) is 5. The normalized spacial score (nSPS) is 11.0. The Kier molecular flexibility index (Phi) is 2.87. The molecule has 102 valence electrons. The van der Waals surface area contributed by atoms with Crippen molar-refractivity contribution in [2.24, 2.45) is 0 Å². The van der Waals surface area contributed by atoms with Gasteiger partial charge in [0.05, 0.1) is 21.4 Å². The van der Waals surface area contributed by atoms with Gasteiger partial charge in [0.2, 0.25) is 0 Å². The van der Waals surface area contributed by atoms with E-state index in [-0.39, 0.29) is 0 Å². The molecule has 0 bridgehead atoms. The Morgan fingerprint density at radius 3 is 3.05 bits per heavy atom. The standard InChI is InChI=1S/C14H9N5S2/c20-14-18-17-13(9-2-1-5-15-7-9)19(14)10-3-4-11-12(6-10)21-8-16-11/h1-8H,(H,18,20). The van der Waals surface area contributed by atoms with Crippen molar-refractivity contribution in [3.8, 4) is 17.1 Å². The molecule has 0 saturated carbocycles. The number of aromatic amines is 1. The summed E-state index contributed by atoms with van der Waals surface area (Å²) in [5.41, 5.74) is 4.70. The first-order chi connectivity index (χ1) is 10.3. The van der Waals surface area contributed by atoms with Gasteiger partial charge in [-0.25, -0.2) is 4.98 Å². The molecule has 0 fully saturated rings. The molecule has 0 aliphatic heterocycles. The van der Waals surface area contributed by atoms with E-state index < -0.39 is 0 Å². The minimum absolute atomic E-state index is 0.553. The highest BCUT2D eigenvalue weighted by molar-refractivity contribution is 7.71. The van der Waals surface area contributed by atoms with Gasteiger partial charge in [-0.2, -0.15) is 5.10 Å². The number of benzene rings is 1. The van der Waals surface area contributed by atoms with Crippen molar-refractivity contribution >= 4 is 33.8 Å². The van der Waals surface area contributed by atoms with Crippen LogP contribution in [0.2, 0.25) is 0 Å². The summed E-state index contributed by atoms with van der Waals surface area (Å²) in [5, 5.41) is 7.18. The van der Waals surface area contributed by atoms with E-state index in [4.69, 9.17) is 12.2 Å². The fraction of sp³-hybridized carbons (Fsp3) is 0. The first-order valence-corrected chi connectivity index (χ1v) is 7.53. The molecular weight excluding hydrogens is 302 g/mol. The van der Waals surface area contributed by atoms with Crippen molar-refractivity contribution in [1.82, 2.24) is 24.7 Å². The average Bonchev–Trinajstić information content (AvgIpc) is 3.13. The van der Waals surface area contributed by atoms with Crippen molar-refractivity contribution in [1.29, 1.82) is 0 Å². The van der Waals surface area contributed by atoms with Crippen LogP contribution in [0.25, 0.3) is 27.3 Å². The Morgan fingerprint density at radius 2 is 2.19 bits per heavy atom. The van der Waals surface area contributed by atoms with Crippen LogP contribution in [0.1, 0.15) is 0 Å². The second-order valence-corrected chi connectivity index (χ2v) is 5.71. The summed E-state index contributed by atoms with van der Waals surface area (Å²) >= 11 is 6.97. The van der Waals surface area contributed by atoms with E-state index in [2.05, 4.69) is 26.2 Å². The lowest BCUT2D eigenvalue weighted by Gasteiger charge is -2.06. The van der Waals surface area contributed by atoms with E-state index in [1.54, 1.807) is 23.7 Å². The quantitative estimate of drug-likeness (QED) is 0.575. The number of fused-ring (bicyclic) bond motifs is 1. The molecule has 0 spiro atoms. The third-order valence-corrected chi connectivity index (χ3v) is 4.23. The number of nitrogens with zero attached hydrogens (tertiary/aromatic N) is 4. The van der Waals surface area contributed by atoms with E-state index in [1.807, 2.05) is 34.3 Å². The van der Waals surface area contributed by atoms with Gasteiger partial charge in [-0.1, -0.05) is 0 Å². The maximum absolute atomic E-state index is 5.37. The highest BCUT2D eigenvalue weighted by atomic mass is 32.1. The Balaban J connectivity index is 1.96. The highest BCUT2D eigenvalue weighted by Gasteiger charge is 2.11. The summed E-state index contributed by atoms with van der Waals surface area (Å²) in [6, 6.07) is 9.89. The van der Waals surface area contributed by atoms with Gasteiger partial charge in [0.1, 0.15) is 0 Å². The third-order valence-electron chi connectivity index (χ3n) is 3.17. The van der Waals surface area contributed by atoms with Crippen LogP contribution in [0, 0.1) is 4.77 Å². The molecule has 5 nitrogen and oxygen atoms in total. The monoisotopic (exact) mass is 311 g/mol. The lowest BCUT2D eigenvalue weighted by atomic mass is 10.2. The zero-order valence-electron chi connectivity index (χ0n) is 10.7. The van der Waals surface area contributed by atoms with Gasteiger partial charge >= 0.3 is 0 Å². The van der Waals surface area contributed by atoms with Crippen LogP contribution in [0.5, 0.6) is 0 Å². The Morgan fingerprint density at radius 1 is 1.24 bits per heavy atom. The topological polar surface area (TPSA) is 59.4 Å². The van der Waals surface area contributed by atoms with E-state index in [0.29, 0.717) is 4.77 Å². The third kappa shape index (κ3) is 2.07. The predicted molar refractivity (Wildman–Crippen MR) is 85.2 cm³/mol. The van der Waals surface area contributed by atoms with Crippen LogP contribution in [0.3, 0.4) is 0 Å². The van der Waals surface area contributed by atoms with Gasteiger partial charge in [-0.3, -0.25) is 14.6 Å². The molecule has 0 aliphatic rings. The van der Waals surface area contributed by atoms with Gasteiger partial charge in [0.25, 0.3) is 0 Å². The van der Waals surface area contributed by atoms with Crippen molar-refractivity contribution in [2.75, 3.05) is 0 Å². The number of pyridine rings is 1. The fourth-order valence-corrected chi connectivity index (χ4v) is 3.16. The molecule has 0 radical (unpaired) electrons. The zero-order valence-corrected chi connectivity index (χ0v) is 12.4. The maximum atomic E-state index is 5.37. The highest BCUT2D eigenvalue weighted by Crippen LogP contribution is 2.25. The van der Waals surface area contributed by atoms with Gasteiger partial charge in [-0.15, -0.1) is 11.3 Å². The van der Waals surface area contributed by atoms with Crippen LogP contribution in [-0.2, 0) is 0 Å². The largest absolute Gasteiger partial charge is 0.268 e. The molecule has 21 heavy (non-hydrogen) atoms. The van der Waals surface area contributed by atoms with E-state index in [0.717, 1.165) is 27.3 Å². The van der Waals surface area contributed by atoms with Gasteiger partial charge in [0.15, 0.2) is 10.6 Å². The van der Waals surface area contributed by atoms with Crippen LogP contribution in [0.4, 0.5) is 0 Å². The van der Waals surface area contributed by atoms with Crippen molar-refractivity contribution in [3.63, 3.8) is 0 Å². The number of hydrogen-bond donors (Lipinski definition) is 1. The van der Waals surface area contributed by atoms with Gasteiger partial charge in [-0.05, 0) is 42.5 Å². The molecule has 0 atom stereocenters. The first-order valence-electron chi connectivity index (χ1n) is 6.24. The number of thiazole rings is 1. The number of nitrogens with one attached hydrogen (secondary N) is 1. The van der Waals surface area contributed by atoms with E-state index in [9.17, 15) is 0 Å². The molecule has 0 aliphatic carbocycles. The maximum Gasteiger partial charge on any atom is 0.200 e. The second-order valence-electron chi connectivity index (χ2n) is 4.43. The predicted octanol–water partition coefficient (Wildman–Crippen LogP) is 3.60. The van der Waals surface area contributed by atoms with Crippen LogP contribution in [0.15, 0.2) is 48.2 Å². The molecule has 1 aromatic carbocycles. The Bertz CT molecular complexity index is 968. The van der Waals surface area contributed by atoms with E-state index in [1.165, 1.54) is 0 Å². The van der Waals surface area contributed by atoms with E-state index >= 15 is 0 Å². The molecular formula is C14H9N5S2. The lowest BCUT2D eigenvalue weighted by Crippen LogP contribution is -1.97. The SMILES string of the molecule is S=c1[nH]nc(-c2cccnc2)n1-c1ccc2ncsc2c1. The minimum Gasteiger partial charge on any atom is -0.268 e. The van der Waals surface area contributed by atoms with Crippen LogP contribution < -0.4 is 0 Å². The van der Waals surface area contributed by atoms with Crippen molar-refractivity contribution in [3.05, 3.63) is 53.0 Å². The van der Waals surface area contributed by atoms with Crippen LogP contribution >= 0.6 is 23.6 Å². The number of H-pyrrole nitrogens is 1.